The number of hydrazine groups is 1. The van der Waals surface area contributed by atoms with E-state index in [0.29, 0.717) is 11.4 Å². The summed E-state index contributed by atoms with van der Waals surface area (Å²) >= 11 is 0. The third kappa shape index (κ3) is 2.94. The highest BCUT2D eigenvalue weighted by atomic mass is 16.2. The summed E-state index contributed by atoms with van der Waals surface area (Å²) in [5.74, 6) is 5.70. The number of nitrogens with one attached hydrogen (secondary N) is 1. The summed E-state index contributed by atoms with van der Waals surface area (Å²) < 4.78 is 0. The first-order valence-corrected chi connectivity index (χ1v) is 5.84. The molecule has 1 amide bonds. The van der Waals surface area contributed by atoms with Gasteiger partial charge in [0.1, 0.15) is 0 Å². The standard InChI is InChI=1S/C12H20N4O/c1-4-9(5-2)16(3)12(17)10-7-6-8-14-11(10)15-13/h6-9H,4-5,13H2,1-3H3,(H,14,15). The number of pyridine rings is 1. The number of carbonyl (C=O) groups is 1. The van der Waals surface area contributed by atoms with Crippen molar-refractivity contribution in [1.29, 1.82) is 0 Å². The van der Waals surface area contributed by atoms with E-state index in [1.54, 1.807) is 23.2 Å². The lowest BCUT2D eigenvalue weighted by atomic mass is 10.1. The number of anilines is 1. The first kappa shape index (κ1) is 13.4. The van der Waals surface area contributed by atoms with Crippen LogP contribution < -0.4 is 11.3 Å². The van der Waals surface area contributed by atoms with E-state index in [1.807, 2.05) is 7.05 Å². The van der Waals surface area contributed by atoms with Crippen molar-refractivity contribution in [2.75, 3.05) is 12.5 Å². The molecule has 0 aromatic carbocycles. The molecule has 1 aromatic rings. The SMILES string of the molecule is CCC(CC)N(C)C(=O)c1cccnc1NN. The largest absolute Gasteiger partial charge is 0.339 e. The fourth-order valence-corrected chi connectivity index (χ4v) is 1.89. The lowest BCUT2D eigenvalue weighted by Gasteiger charge is -2.26. The van der Waals surface area contributed by atoms with Crippen LogP contribution in [-0.4, -0.2) is 28.9 Å². The van der Waals surface area contributed by atoms with E-state index in [9.17, 15) is 4.79 Å². The van der Waals surface area contributed by atoms with Crippen molar-refractivity contribution >= 4 is 11.7 Å². The fourth-order valence-electron chi connectivity index (χ4n) is 1.89. The summed E-state index contributed by atoms with van der Waals surface area (Å²) in [6.45, 7) is 4.15. The molecule has 0 spiro atoms. The van der Waals surface area contributed by atoms with Crippen molar-refractivity contribution in [1.82, 2.24) is 9.88 Å². The normalized spacial score (nSPS) is 10.4. The number of amides is 1. The predicted octanol–water partition coefficient (Wildman–Crippen LogP) is 1.63. The summed E-state index contributed by atoms with van der Waals surface area (Å²) in [5, 5.41) is 0. The molecule has 0 unspecified atom stereocenters. The Hall–Kier alpha value is -1.62. The van der Waals surface area contributed by atoms with Crippen LogP contribution in [0.25, 0.3) is 0 Å². The second-order valence-electron chi connectivity index (χ2n) is 3.93. The maximum atomic E-state index is 12.3. The molecule has 0 bridgehead atoms. The zero-order chi connectivity index (χ0) is 12.8. The Bertz CT molecular complexity index is 377. The second kappa shape index (κ2) is 6.20. The van der Waals surface area contributed by atoms with E-state index in [-0.39, 0.29) is 11.9 Å². The Kier molecular flexibility index (Phi) is 4.90. The molecular weight excluding hydrogens is 216 g/mol. The molecule has 5 heteroatoms. The number of hydrogen-bond donors (Lipinski definition) is 2. The van der Waals surface area contributed by atoms with Gasteiger partial charge in [0.2, 0.25) is 0 Å². The quantitative estimate of drug-likeness (QED) is 0.602. The molecule has 0 fully saturated rings. The highest BCUT2D eigenvalue weighted by Crippen LogP contribution is 2.16. The number of nitrogens with zero attached hydrogens (tertiary/aromatic N) is 2. The average Bonchev–Trinajstić information content (AvgIpc) is 2.39. The minimum atomic E-state index is -0.0558. The summed E-state index contributed by atoms with van der Waals surface area (Å²) in [7, 11) is 1.81. The minimum absolute atomic E-state index is 0.0558. The first-order valence-electron chi connectivity index (χ1n) is 5.84. The Morgan fingerprint density at radius 1 is 1.53 bits per heavy atom. The Balaban J connectivity index is 2.95. The lowest BCUT2D eigenvalue weighted by molar-refractivity contribution is 0.0724. The van der Waals surface area contributed by atoms with Crippen molar-refractivity contribution in [2.24, 2.45) is 5.84 Å². The van der Waals surface area contributed by atoms with Crippen LogP contribution in [0.15, 0.2) is 18.3 Å². The molecule has 1 aromatic heterocycles. The molecule has 0 aliphatic rings. The van der Waals surface area contributed by atoms with E-state index in [2.05, 4.69) is 24.3 Å². The molecule has 0 atom stereocenters. The van der Waals surface area contributed by atoms with Gasteiger partial charge in [-0.05, 0) is 25.0 Å². The van der Waals surface area contributed by atoms with Gasteiger partial charge in [-0.1, -0.05) is 13.8 Å². The van der Waals surface area contributed by atoms with E-state index >= 15 is 0 Å². The maximum Gasteiger partial charge on any atom is 0.257 e. The number of aromatic nitrogens is 1. The van der Waals surface area contributed by atoms with Crippen molar-refractivity contribution in [3.8, 4) is 0 Å². The molecule has 0 saturated carbocycles. The predicted molar refractivity (Wildman–Crippen MR) is 68.5 cm³/mol. The molecular formula is C12H20N4O. The van der Waals surface area contributed by atoms with Crippen LogP contribution in [0.5, 0.6) is 0 Å². The van der Waals surface area contributed by atoms with Crippen LogP contribution >= 0.6 is 0 Å². The molecule has 0 radical (unpaired) electrons. The maximum absolute atomic E-state index is 12.3. The lowest BCUT2D eigenvalue weighted by Crippen LogP contribution is -2.36. The second-order valence-corrected chi connectivity index (χ2v) is 3.93. The Morgan fingerprint density at radius 2 is 2.18 bits per heavy atom. The third-order valence-electron chi connectivity index (χ3n) is 2.99. The van der Waals surface area contributed by atoms with Gasteiger partial charge in [-0.3, -0.25) is 4.79 Å². The van der Waals surface area contributed by atoms with Crippen LogP contribution in [0.2, 0.25) is 0 Å². The molecule has 5 nitrogen and oxygen atoms in total. The van der Waals surface area contributed by atoms with Gasteiger partial charge in [0.15, 0.2) is 5.82 Å². The van der Waals surface area contributed by atoms with Crippen molar-refractivity contribution in [3.05, 3.63) is 23.9 Å². The van der Waals surface area contributed by atoms with Gasteiger partial charge >= 0.3 is 0 Å². The first-order chi connectivity index (χ1) is 8.15. The van der Waals surface area contributed by atoms with Gasteiger partial charge < -0.3 is 10.3 Å². The van der Waals surface area contributed by atoms with Gasteiger partial charge in [-0.2, -0.15) is 0 Å². The van der Waals surface area contributed by atoms with Crippen LogP contribution in [0.4, 0.5) is 5.82 Å². The van der Waals surface area contributed by atoms with Gasteiger partial charge in [-0.15, -0.1) is 0 Å². The fraction of sp³-hybridized carbons (Fsp3) is 0.500. The monoisotopic (exact) mass is 236 g/mol. The van der Waals surface area contributed by atoms with Gasteiger partial charge in [0.05, 0.1) is 5.56 Å². The number of nitrogens with two attached hydrogens (primary N) is 1. The number of carbonyl (C=O) groups excluding carboxylic acids is 1. The van der Waals surface area contributed by atoms with Gasteiger partial charge in [0.25, 0.3) is 5.91 Å². The smallest absolute Gasteiger partial charge is 0.257 e. The Labute approximate surface area is 102 Å². The molecule has 1 rings (SSSR count). The summed E-state index contributed by atoms with van der Waals surface area (Å²) in [6.07, 6.45) is 3.47. The average molecular weight is 236 g/mol. The highest BCUT2D eigenvalue weighted by molar-refractivity contribution is 5.98. The highest BCUT2D eigenvalue weighted by Gasteiger charge is 2.20. The van der Waals surface area contributed by atoms with E-state index < -0.39 is 0 Å². The van der Waals surface area contributed by atoms with E-state index in [4.69, 9.17) is 5.84 Å². The molecule has 1 heterocycles. The number of hydrogen-bond acceptors (Lipinski definition) is 4. The van der Waals surface area contributed by atoms with Crippen LogP contribution in [-0.2, 0) is 0 Å². The zero-order valence-electron chi connectivity index (χ0n) is 10.6. The van der Waals surface area contributed by atoms with E-state index in [0.717, 1.165) is 12.8 Å². The molecule has 0 saturated heterocycles. The van der Waals surface area contributed by atoms with Gasteiger partial charge in [-0.25, -0.2) is 10.8 Å². The summed E-state index contributed by atoms with van der Waals surface area (Å²) in [6, 6.07) is 3.70. The van der Waals surface area contributed by atoms with Crippen LogP contribution in [0.3, 0.4) is 0 Å². The number of rotatable bonds is 5. The third-order valence-corrected chi connectivity index (χ3v) is 2.99. The van der Waals surface area contributed by atoms with Crippen molar-refractivity contribution in [3.63, 3.8) is 0 Å². The van der Waals surface area contributed by atoms with E-state index in [1.165, 1.54) is 0 Å². The molecule has 17 heavy (non-hydrogen) atoms. The molecule has 3 N–H and O–H groups in total. The summed E-state index contributed by atoms with van der Waals surface area (Å²) in [4.78, 5) is 18.0. The molecule has 0 aliphatic carbocycles. The van der Waals surface area contributed by atoms with Gasteiger partial charge in [0, 0.05) is 19.3 Å². The zero-order valence-corrected chi connectivity index (χ0v) is 10.6. The Morgan fingerprint density at radius 3 is 2.71 bits per heavy atom. The molecule has 94 valence electrons. The van der Waals surface area contributed by atoms with Crippen molar-refractivity contribution in [2.45, 2.75) is 32.7 Å². The van der Waals surface area contributed by atoms with Crippen LogP contribution in [0, 0.1) is 0 Å². The van der Waals surface area contributed by atoms with Crippen molar-refractivity contribution < 1.29 is 4.79 Å². The molecule has 0 aliphatic heterocycles. The number of nitrogen functional groups attached to an aromatic ring is 1. The minimum Gasteiger partial charge on any atom is -0.339 e. The topological polar surface area (TPSA) is 71.2 Å². The van der Waals surface area contributed by atoms with Crippen LogP contribution in [0.1, 0.15) is 37.0 Å². The summed E-state index contributed by atoms with van der Waals surface area (Å²) in [5.41, 5.74) is 2.95.